The van der Waals surface area contributed by atoms with Crippen LogP contribution in [-0.2, 0) is 0 Å². The van der Waals surface area contributed by atoms with Gasteiger partial charge in [0.05, 0.1) is 0 Å². The summed E-state index contributed by atoms with van der Waals surface area (Å²) in [5, 5.41) is 0. The predicted molar refractivity (Wildman–Crippen MR) is 59.3 cm³/mol. The van der Waals surface area contributed by atoms with Gasteiger partial charge in [0.2, 0.25) is 0 Å². The van der Waals surface area contributed by atoms with Gasteiger partial charge in [0.1, 0.15) is 6.29 Å². The Morgan fingerprint density at radius 1 is 1.31 bits per heavy atom. The standard InChI is InChI=1S/C11H12OS/c12-9-11-6-3-5-10(8-11)4-1-2-7-13/h1,3-6,8-9,13H,2,7H2. The summed E-state index contributed by atoms with van der Waals surface area (Å²) in [7, 11) is 0. The Labute approximate surface area is 83.9 Å². The molecule has 0 fully saturated rings. The molecule has 1 aromatic rings. The lowest BCUT2D eigenvalue weighted by molar-refractivity contribution is 0.112. The zero-order valence-electron chi connectivity index (χ0n) is 7.31. The highest BCUT2D eigenvalue weighted by Crippen LogP contribution is 2.05. The number of carbonyl (C=O) groups is 1. The fraction of sp³-hybridized carbons (Fsp3) is 0.182. The molecular weight excluding hydrogens is 180 g/mol. The molecule has 0 saturated carbocycles. The molecule has 0 heterocycles. The maximum Gasteiger partial charge on any atom is 0.150 e. The van der Waals surface area contributed by atoms with Gasteiger partial charge in [-0.25, -0.2) is 0 Å². The normalized spacial score (nSPS) is 10.5. The van der Waals surface area contributed by atoms with Crippen LogP contribution in [0.5, 0.6) is 0 Å². The maximum absolute atomic E-state index is 10.5. The van der Waals surface area contributed by atoms with E-state index < -0.39 is 0 Å². The quantitative estimate of drug-likeness (QED) is 0.573. The van der Waals surface area contributed by atoms with Crippen molar-refractivity contribution in [1.82, 2.24) is 0 Å². The molecule has 0 aliphatic carbocycles. The largest absolute Gasteiger partial charge is 0.298 e. The molecule has 1 rings (SSSR count). The lowest BCUT2D eigenvalue weighted by atomic mass is 10.1. The van der Waals surface area contributed by atoms with Crippen LogP contribution in [0, 0.1) is 0 Å². The monoisotopic (exact) mass is 192 g/mol. The average Bonchev–Trinajstić information content (AvgIpc) is 2.19. The minimum atomic E-state index is 0.716. The SMILES string of the molecule is O=Cc1cccc(C=CCCS)c1. The predicted octanol–water partition coefficient (Wildman–Crippen LogP) is 2.83. The first-order chi connectivity index (χ1) is 6.36. The van der Waals surface area contributed by atoms with Crippen LogP contribution in [0.25, 0.3) is 6.08 Å². The fourth-order valence-corrected chi connectivity index (χ4v) is 1.18. The third kappa shape index (κ3) is 3.47. The average molecular weight is 192 g/mol. The first-order valence-electron chi connectivity index (χ1n) is 4.19. The van der Waals surface area contributed by atoms with Crippen molar-refractivity contribution in [3.05, 3.63) is 41.5 Å². The van der Waals surface area contributed by atoms with Crippen molar-refractivity contribution >= 4 is 25.0 Å². The highest BCUT2D eigenvalue weighted by atomic mass is 32.1. The summed E-state index contributed by atoms with van der Waals surface area (Å²) in [4.78, 5) is 10.5. The molecule has 2 heteroatoms. The van der Waals surface area contributed by atoms with Crippen molar-refractivity contribution in [2.75, 3.05) is 5.75 Å². The summed E-state index contributed by atoms with van der Waals surface area (Å²) in [5.41, 5.74) is 1.78. The van der Waals surface area contributed by atoms with Crippen molar-refractivity contribution in [2.45, 2.75) is 6.42 Å². The number of allylic oxidation sites excluding steroid dienone is 1. The molecule has 0 aromatic heterocycles. The highest BCUT2D eigenvalue weighted by Gasteiger charge is 1.89. The second-order valence-corrected chi connectivity index (χ2v) is 3.15. The van der Waals surface area contributed by atoms with Crippen LogP contribution in [0.1, 0.15) is 22.3 Å². The summed E-state index contributed by atoms with van der Waals surface area (Å²) in [6.07, 6.45) is 5.87. The molecular formula is C11H12OS. The van der Waals surface area contributed by atoms with Crippen LogP contribution in [0.15, 0.2) is 30.3 Å². The second-order valence-electron chi connectivity index (χ2n) is 2.70. The highest BCUT2D eigenvalue weighted by molar-refractivity contribution is 7.80. The Hall–Kier alpha value is -1.02. The molecule has 0 N–H and O–H groups in total. The fourth-order valence-electron chi connectivity index (χ4n) is 1.03. The summed E-state index contributed by atoms with van der Waals surface area (Å²) in [6.45, 7) is 0. The molecule has 0 aliphatic heterocycles. The van der Waals surface area contributed by atoms with Crippen LogP contribution in [0.2, 0.25) is 0 Å². The number of carbonyl (C=O) groups excluding carboxylic acids is 1. The summed E-state index contributed by atoms with van der Waals surface area (Å²) >= 11 is 4.10. The molecule has 0 amide bonds. The molecule has 0 spiro atoms. The van der Waals surface area contributed by atoms with Gasteiger partial charge in [-0.3, -0.25) is 4.79 Å². The van der Waals surface area contributed by atoms with E-state index >= 15 is 0 Å². The second kappa shape index (κ2) is 5.60. The number of rotatable bonds is 4. The molecule has 0 aliphatic rings. The van der Waals surface area contributed by atoms with Gasteiger partial charge in [-0.05, 0) is 23.8 Å². The molecule has 0 atom stereocenters. The van der Waals surface area contributed by atoms with Crippen LogP contribution < -0.4 is 0 Å². The van der Waals surface area contributed by atoms with E-state index in [2.05, 4.69) is 18.7 Å². The van der Waals surface area contributed by atoms with E-state index in [0.717, 1.165) is 24.0 Å². The number of hydrogen-bond donors (Lipinski definition) is 1. The summed E-state index contributed by atoms with van der Waals surface area (Å²) < 4.78 is 0. The van der Waals surface area contributed by atoms with E-state index in [0.29, 0.717) is 5.56 Å². The van der Waals surface area contributed by atoms with Gasteiger partial charge in [0, 0.05) is 5.56 Å². The number of thiol groups is 1. The number of benzene rings is 1. The van der Waals surface area contributed by atoms with Gasteiger partial charge in [0.15, 0.2) is 0 Å². The van der Waals surface area contributed by atoms with Crippen molar-refractivity contribution < 1.29 is 4.79 Å². The van der Waals surface area contributed by atoms with Gasteiger partial charge >= 0.3 is 0 Å². The van der Waals surface area contributed by atoms with Crippen molar-refractivity contribution in [3.63, 3.8) is 0 Å². The van der Waals surface area contributed by atoms with E-state index in [4.69, 9.17) is 0 Å². The lowest BCUT2D eigenvalue weighted by Gasteiger charge is -1.93. The zero-order valence-corrected chi connectivity index (χ0v) is 8.21. The zero-order chi connectivity index (χ0) is 9.52. The molecule has 1 nitrogen and oxygen atoms in total. The molecule has 0 bridgehead atoms. The minimum Gasteiger partial charge on any atom is -0.298 e. The molecule has 68 valence electrons. The van der Waals surface area contributed by atoms with E-state index in [1.54, 1.807) is 6.07 Å². The van der Waals surface area contributed by atoms with Gasteiger partial charge in [0.25, 0.3) is 0 Å². The van der Waals surface area contributed by atoms with Crippen LogP contribution in [0.4, 0.5) is 0 Å². The van der Waals surface area contributed by atoms with Crippen molar-refractivity contribution in [2.24, 2.45) is 0 Å². The molecule has 1 aromatic carbocycles. The van der Waals surface area contributed by atoms with E-state index in [1.807, 2.05) is 24.3 Å². The Balaban J connectivity index is 2.71. The first-order valence-corrected chi connectivity index (χ1v) is 4.82. The van der Waals surface area contributed by atoms with Crippen molar-refractivity contribution in [3.8, 4) is 0 Å². The Morgan fingerprint density at radius 3 is 2.77 bits per heavy atom. The molecule has 0 unspecified atom stereocenters. The summed E-state index contributed by atoms with van der Waals surface area (Å²) in [6, 6.07) is 7.51. The third-order valence-corrected chi connectivity index (χ3v) is 1.91. The smallest absolute Gasteiger partial charge is 0.150 e. The van der Waals surface area contributed by atoms with E-state index in [-0.39, 0.29) is 0 Å². The minimum absolute atomic E-state index is 0.716. The number of aldehydes is 1. The Kier molecular flexibility index (Phi) is 4.33. The molecule has 13 heavy (non-hydrogen) atoms. The topological polar surface area (TPSA) is 17.1 Å². The first kappa shape index (κ1) is 10.1. The number of hydrogen-bond acceptors (Lipinski definition) is 2. The van der Waals surface area contributed by atoms with Crippen LogP contribution >= 0.6 is 12.6 Å². The van der Waals surface area contributed by atoms with Crippen LogP contribution in [-0.4, -0.2) is 12.0 Å². The van der Waals surface area contributed by atoms with E-state index in [1.165, 1.54) is 0 Å². The van der Waals surface area contributed by atoms with Gasteiger partial charge < -0.3 is 0 Å². The van der Waals surface area contributed by atoms with Gasteiger partial charge in [-0.1, -0.05) is 30.4 Å². The lowest BCUT2D eigenvalue weighted by Crippen LogP contribution is -1.79. The maximum atomic E-state index is 10.5. The van der Waals surface area contributed by atoms with Crippen LogP contribution in [0.3, 0.4) is 0 Å². The van der Waals surface area contributed by atoms with Gasteiger partial charge in [-0.2, -0.15) is 12.6 Å². The summed E-state index contributed by atoms with van der Waals surface area (Å²) in [5.74, 6) is 0.851. The Morgan fingerprint density at radius 2 is 2.08 bits per heavy atom. The Bertz CT molecular complexity index is 305. The van der Waals surface area contributed by atoms with E-state index in [9.17, 15) is 4.79 Å². The van der Waals surface area contributed by atoms with Gasteiger partial charge in [-0.15, -0.1) is 0 Å². The molecule has 0 saturated heterocycles. The third-order valence-electron chi connectivity index (χ3n) is 1.65. The van der Waals surface area contributed by atoms with Crippen molar-refractivity contribution in [1.29, 1.82) is 0 Å². The molecule has 0 radical (unpaired) electrons.